The zero-order valence-electron chi connectivity index (χ0n) is 13.4. The quantitative estimate of drug-likeness (QED) is 0.863. The van der Waals surface area contributed by atoms with Gasteiger partial charge >= 0.3 is 0 Å². The number of ether oxygens (including phenoxy) is 1. The Morgan fingerprint density at radius 2 is 1.91 bits per heavy atom. The molecule has 4 heteroatoms. The van der Waals surface area contributed by atoms with E-state index in [9.17, 15) is 5.11 Å². The van der Waals surface area contributed by atoms with Crippen molar-refractivity contribution in [3.63, 3.8) is 0 Å². The molecule has 1 heterocycles. The van der Waals surface area contributed by atoms with Crippen molar-refractivity contribution in [1.82, 2.24) is 0 Å². The number of aliphatic imine (C=N–C) groups is 1. The fourth-order valence-electron chi connectivity index (χ4n) is 2.87. The highest BCUT2D eigenvalue weighted by molar-refractivity contribution is 5.86. The molecule has 2 aromatic rings. The van der Waals surface area contributed by atoms with Gasteiger partial charge in [-0.3, -0.25) is 4.99 Å². The topological polar surface area (TPSA) is 45.1 Å². The summed E-state index contributed by atoms with van der Waals surface area (Å²) in [5, 5.41) is 9.49. The lowest BCUT2D eigenvalue weighted by molar-refractivity contribution is 0.414. The maximum absolute atomic E-state index is 9.49. The number of hydrogen-bond donors (Lipinski definition) is 1. The largest absolute Gasteiger partial charge is 0.508 e. The van der Waals surface area contributed by atoms with E-state index < -0.39 is 0 Å². The van der Waals surface area contributed by atoms with Crippen LogP contribution in [0.2, 0.25) is 0 Å². The molecule has 0 aromatic heterocycles. The first-order chi connectivity index (χ1) is 11.3. The van der Waals surface area contributed by atoms with E-state index in [4.69, 9.17) is 4.74 Å². The SMILES string of the molecule is COc1cc(N2CCCCC2)ccc1C=Nc1cccc(O)c1. The summed E-state index contributed by atoms with van der Waals surface area (Å²) < 4.78 is 5.52. The smallest absolute Gasteiger partial charge is 0.129 e. The maximum atomic E-state index is 9.49. The van der Waals surface area contributed by atoms with Crippen molar-refractivity contribution in [2.24, 2.45) is 4.99 Å². The van der Waals surface area contributed by atoms with Crippen LogP contribution in [-0.2, 0) is 0 Å². The van der Waals surface area contributed by atoms with Crippen LogP contribution in [-0.4, -0.2) is 31.5 Å². The van der Waals surface area contributed by atoms with E-state index >= 15 is 0 Å². The Bertz CT molecular complexity index is 692. The first-order valence-corrected chi connectivity index (χ1v) is 8.02. The molecule has 4 nitrogen and oxygen atoms in total. The number of piperidine rings is 1. The second-order valence-corrected chi connectivity index (χ2v) is 5.75. The number of methoxy groups -OCH3 is 1. The summed E-state index contributed by atoms with van der Waals surface area (Å²) in [7, 11) is 1.68. The average Bonchev–Trinajstić information content (AvgIpc) is 2.60. The van der Waals surface area contributed by atoms with Crippen LogP contribution in [0.3, 0.4) is 0 Å². The van der Waals surface area contributed by atoms with E-state index in [2.05, 4.69) is 22.0 Å². The lowest BCUT2D eigenvalue weighted by Crippen LogP contribution is -2.29. The molecule has 1 aliphatic rings. The lowest BCUT2D eigenvalue weighted by Gasteiger charge is -2.29. The van der Waals surface area contributed by atoms with Crippen molar-refractivity contribution >= 4 is 17.6 Å². The molecule has 3 rings (SSSR count). The molecule has 0 spiro atoms. The summed E-state index contributed by atoms with van der Waals surface area (Å²) in [5.74, 6) is 1.03. The molecule has 0 radical (unpaired) electrons. The Morgan fingerprint density at radius 3 is 2.65 bits per heavy atom. The van der Waals surface area contributed by atoms with Crippen LogP contribution in [0.5, 0.6) is 11.5 Å². The number of anilines is 1. The highest BCUT2D eigenvalue weighted by Gasteiger charge is 2.12. The molecule has 0 unspecified atom stereocenters. The Balaban J connectivity index is 1.82. The number of rotatable bonds is 4. The van der Waals surface area contributed by atoms with E-state index in [0.717, 1.165) is 24.4 Å². The molecule has 1 fully saturated rings. The number of aromatic hydroxyl groups is 1. The molecule has 0 atom stereocenters. The summed E-state index contributed by atoms with van der Waals surface area (Å²) in [5.41, 5.74) is 2.85. The molecule has 1 N–H and O–H groups in total. The minimum atomic E-state index is 0.215. The third-order valence-corrected chi connectivity index (χ3v) is 4.12. The average molecular weight is 310 g/mol. The lowest BCUT2D eigenvalue weighted by atomic mass is 10.1. The third kappa shape index (κ3) is 3.83. The molecule has 0 amide bonds. The summed E-state index contributed by atoms with van der Waals surface area (Å²) in [6, 6.07) is 13.1. The first-order valence-electron chi connectivity index (χ1n) is 8.02. The Labute approximate surface area is 137 Å². The molecular weight excluding hydrogens is 288 g/mol. The Morgan fingerprint density at radius 1 is 1.09 bits per heavy atom. The highest BCUT2D eigenvalue weighted by Crippen LogP contribution is 2.27. The Kier molecular flexibility index (Phi) is 4.81. The van der Waals surface area contributed by atoms with E-state index in [1.54, 1.807) is 31.5 Å². The van der Waals surface area contributed by atoms with Gasteiger partial charge < -0.3 is 14.7 Å². The molecule has 1 saturated heterocycles. The van der Waals surface area contributed by atoms with Crippen molar-refractivity contribution in [3.8, 4) is 11.5 Å². The van der Waals surface area contributed by atoms with Crippen molar-refractivity contribution in [3.05, 3.63) is 48.0 Å². The molecule has 2 aromatic carbocycles. The third-order valence-electron chi connectivity index (χ3n) is 4.12. The number of nitrogens with zero attached hydrogens (tertiary/aromatic N) is 2. The summed E-state index contributed by atoms with van der Waals surface area (Å²) in [6.45, 7) is 2.22. The van der Waals surface area contributed by atoms with E-state index in [0.29, 0.717) is 5.69 Å². The van der Waals surface area contributed by atoms with E-state index in [-0.39, 0.29) is 5.75 Å². The van der Waals surface area contributed by atoms with Crippen LogP contribution >= 0.6 is 0 Å². The molecule has 0 aliphatic carbocycles. The predicted octanol–water partition coefficient (Wildman–Crippen LogP) is 4.14. The Hall–Kier alpha value is -2.49. The highest BCUT2D eigenvalue weighted by atomic mass is 16.5. The van der Waals surface area contributed by atoms with Crippen LogP contribution in [0.15, 0.2) is 47.5 Å². The standard InChI is InChI=1S/C19H22N2O2/c1-23-19-13-17(21-10-3-2-4-11-21)9-8-15(19)14-20-16-6-5-7-18(22)12-16/h5-9,12-14,22H,2-4,10-11H2,1H3. The van der Waals surface area contributed by atoms with Gasteiger partial charge in [0.25, 0.3) is 0 Å². The fraction of sp³-hybridized carbons (Fsp3) is 0.316. The van der Waals surface area contributed by atoms with Crippen molar-refractivity contribution in [2.45, 2.75) is 19.3 Å². The van der Waals surface area contributed by atoms with Crippen molar-refractivity contribution in [2.75, 3.05) is 25.1 Å². The number of benzene rings is 2. The van der Waals surface area contributed by atoms with Crippen molar-refractivity contribution in [1.29, 1.82) is 0 Å². The zero-order valence-corrected chi connectivity index (χ0v) is 13.4. The monoisotopic (exact) mass is 310 g/mol. The fourth-order valence-corrected chi connectivity index (χ4v) is 2.87. The molecular formula is C19H22N2O2. The second-order valence-electron chi connectivity index (χ2n) is 5.75. The van der Waals surface area contributed by atoms with E-state index in [1.165, 1.54) is 24.9 Å². The van der Waals surface area contributed by atoms with Gasteiger partial charge in [-0.2, -0.15) is 0 Å². The van der Waals surface area contributed by atoms with Crippen molar-refractivity contribution < 1.29 is 9.84 Å². The van der Waals surface area contributed by atoms with Crippen LogP contribution < -0.4 is 9.64 Å². The predicted molar refractivity (Wildman–Crippen MR) is 94.4 cm³/mol. The molecule has 1 aliphatic heterocycles. The van der Waals surface area contributed by atoms with Crippen LogP contribution in [0.25, 0.3) is 0 Å². The van der Waals surface area contributed by atoms with Crippen LogP contribution in [0, 0.1) is 0 Å². The van der Waals surface area contributed by atoms with Gasteiger partial charge in [0.15, 0.2) is 0 Å². The molecule has 120 valence electrons. The van der Waals surface area contributed by atoms with Gasteiger partial charge in [-0.1, -0.05) is 6.07 Å². The van der Waals surface area contributed by atoms with Gasteiger partial charge in [-0.15, -0.1) is 0 Å². The molecule has 0 bridgehead atoms. The maximum Gasteiger partial charge on any atom is 0.129 e. The van der Waals surface area contributed by atoms with Gasteiger partial charge in [-0.25, -0.2) is 0 Å². The van der Waals surface area contributed by atoms with Gasteiger partial charge in [0.1, 0.15) is 11.5 Å². The number of hydrogen-bond acceptors (Lipinski definition) is 4. The minimum Gasteiger partial charge on any atom is -0.508 e. The number of phenols is 1. The minimum absolute atomic E-state index is 0.215. The van der Waals surface area contributed by atoms with Gasteiger partial charge in [0.2, 0.25) is 0 Å². The number of phenolic OH excluding ortho intramolecular Hbond substituents is 1. The van der Waals surface area contributed by atoms with E-state index in [1.807, 2.05) is 12.1 Å². The van der Waals surface area contributed by atoms with Gasteiger partial charge in [0.05, 0.1) is 12.8 Å². The summed E-state index contributed by atoms with van der Waals surface area (Å²) in [4.78, 5) is 6.81. The van der Waals surface area contributed by atoms with Crippen LogP contribution in [0.1, 0.15) is 24.8 Å². The normalized spacial score (nSPS) is 15.1. The summed E-state index contributed by atoms with van der Waals surface area (Å²) in [6.07, 6.45) is 5.60. The van der Waals surface area contributed by atoms with Gasteiger partial charge in [-0.05, 0) is 43.5 Å². The molecule has 23 heavy (non-hydrogen) atoms. The zero-order chi connectivity index (χ0) is 16.1. The first kappa shape index (κ1) is 15.4. The second kappa shape index (κ2) is 7.18. The van der Waals surface area contributed by atoms with Gasteiger partial charge in [0, 0.05) is 42.7 Å². The summed E-state index contributed by atoms with van der Waals surface area (Å²) >= 11 is 0. The van der Waals surface area contributed by atoms with Crippen LogP contribution in [0.4, 0.5) is 11.4 Å². The molecule has 0 saturated carbocycles.